The fourth-order valence-corrected chi connectivity index (χ4v) is 3.70. The maximum Gasteiger partial charge on any atom is 0.00818 e. The van der Waals surface area contributed by atoms with Gasteiger partial charge in [-0.05, 0) is 64.0 Å². The Bertz CT molecular complexity index is 249. The summed E-state index contributed by atoms with van der Waals surface area (Å²) in [6, 6.07) is 1.46. The second-order valence-electron chi connectivity index (χ2n) is 7.22. The van der Waals surface area contributed by atoms with Crippen molar-refractivity contribution in [2.24, 2.45) is 11.3 Å². The highest BCUT2D eigenvalue weighted by Crippen LogP contribution is 2.37. The predicted octanol–water partition coefficient (Wildman–Crippen LogP) is 2.89. The lowest BCUT2D eigenvalue weighted by Crippen LogP contribution is -2.46. The molecule has 2 fully saturated rings. The van der Waals surface area contributed by atoms with E-state index in [1.54, 1.807) is 0 Å². The van der Waals surface area contributed by atoms with Gasteiger partial charge in [-0.15, -0.1) is 0 Å². The Labute approximate surface area is 107 Å². The van der Waals surface area contributed by atoms with E-state index >= 15 is 0 Å². The first-order valence-corrected chi connectivity index (χ1v) is 7.41. The smallest absolute Gasteiger partial charge is 0.00818 e. The molecule has 17 heavy (non-hydrogen) atoms. The summed E-state index contributed by atoms with van der Waals surface area (Å²) >= 11 is 0. The summed E-state index contributed by atoms with van der Waals surface area (Å²) in [6.45, 7) is 9.79. The molecule has 0 amide bonds. The van der Waals surface area contributed by atoms with Crippen molar-refractivity contribution in [3.8, 4) is 0 Å². The van der Waals surface area contributed by atoms with Gasteiger partial charge in [0, 0.05) is 18.6 Å². The Balaban J connectivity index is 1.79. The summed E-state index contributed by atoms with van der Waals surface area (Å²) in [7, 11) is 2.26. The molecule has 1 N–H and O–H groups in total. The fraction of sp³-hybridized carbons (Fsp3) is 1.00. The van der Waals surface area contributed by atoms with Gasteiger partial charge in [0.25, 0.3) is 0 Å². The average molecular weight is 238 g/mol. The Kier molecular flexibility index (Phi) is 4.14. The minimum absolute atomic E-state index is 0.570. The SMILES string of the molecule is CC(NC1CCC(C)(C)C1)C1CCCN(C)C1. The van der Waals surface area contributed by atoms with Gasteiger partial charge in [-0.25, -0.2) is 0 Å². The fourth-order valence-electron chi connectivity index (χ4n) is 3.70. The van der Waals surface area contributed by atoms with E-state index in [2.05, 4.69) is 38.0 Å². The van der Waals surface area contributed by atoms with Crippen molar-refractivity contribution in [3.05, 3.63) is 0 Å². The van der Waals surface area contributed by atoms with Gasteiger partial charge in [0.1, 0.15) is 0 Å². The average Bonchev–Trinajstić information content (AvgIpc) is 2.58. The number of nitrogens with one attached hydrogen (secondary N) is 1. The summed E-state index contributed by atoms with van der Waals surface area (Å²) < 4.78 is 0. The van der Waals surface area contributed by atoms with Crippen molar-refractivity contribution in [1.82, 2.24) is 10.2 Å². The quantitative estimate of drug-likeness (QED) is 0.813. The van der Waals surface area contributed by atoms with Gasteiger partial charge in [0.2, 0.25) is 0 Å². The van der Waals surface area contributed by atoms with Crippen LogP contribution in [0.3, 0.4) is 0 Å². The lowest BCUT2D eigenvalue weighted by atomic mass is 9.90. The van der Waals surface area contributed by atoms with Crippen LogP contribution < -0.4 is 5.32 Å². The second-order valence-corrected chi connectivity index (χ2v) is 7.22. The van der Waals surface area contributed by atoms with Gasteiger partial charge in [-0.3, -0.25) is 0 Å². The molecule has 3 unspecified atom stereocenters. The summed E-state index contributed by atoms with van der Waals surface area (Å²) in [6.07, 6.45) is 6.92. The highest BCUT2D eigenvalue weighted by Gasteiger charge is 2.33. The number of nitrogens with zero attached hydrogens (tertiary/aromatic N) is 1. The molecule has 0 aromatic rings. The largest absolute Gasteiger partial charge is 0.311 e. The zero-order valence-corrected chi connectivity index (χ0v) is 12.1. The maximum atomic E-state index is 3.90. The third-order valence-electron chi connectivity index (χ3n) is 4.84. The van der Waals surface area contributed by atoms with Crippen molar-refractivity contribution < 1.29 is 0 Å². The number of hydrogen-bond acceptors (Lipinski definition) is 2. The van der Waals surface area contributed by atoms with E-state index in [-0.39, 0.29) is 0 Å². The minimum atomic E-state index is 0.570. The zero-order chi connectivity index (χ0) is 12.5. The maximum absolute atomic E-state index is 3.90. The van der Waals surface area contributed by atoms with Crippen LogP contribution >= 0.6 is 0 Å². The third-order valence-corrected chi connectivity index (χ3v) is 4.84. The van der Waals surface area contributed by atoms with Gasteiger partial charge >= 0.3 is 0 Å². The van der Waals surface area contributed by atoms with Crippen LogP contribution in [0.4, 0.5) is 0 Å². The van der Waals surface area contributed by atoms with E-state index < -0.39 is 0 Å². The topological polar surface area (TPSA) is 15.3 Å². The minimum Gasteiger partial charge on any atom is -0.311 e. The molecule has 0 bridgehead atoms. The van der Waals surface area contributed by atoms with Gasteiger partial charge in [0.05, 0.1) is 0 Å². The van der Waals surface area contributed by atoms with Crippen LogP contribution in [-0.4, -0.2) is 37.1 Å². The van der Waals surface area contributed by atoms with Crippen LogP contribution in [0.15, 0.2) is 0 Å². The molecule has 1 aliphatic carbocycles. The molecule has 1 saturated carbocycles. The van der Waals surface area contributed by atoms with Crippen molar-refractivity contribution in [1.29, 1.82) is 0 Å². The molecular weight excluding hydrogens is 208 g/mol. The highest BCUT2D eigenvalue weighted by atomic mass is 15.1. The Morgan fingerprint density at radius 1 is 1.29 bits per heavy atom. The second kappa shape index (κ2) is 5.27. The first kappa shape index (κ1) is 13.4. The van der Waals surface area contributed by atoms with E-state index in [9.17, 15) is 0 Å². The molecule has 0 aromatic heterocycles. The Morgan fingerprint density at radius 3 is 2.65 bits per heavy atom. The third kappa shape index (κ3) is 3.69. The van der Waals surface area contributed by atoms with Gasteiger partial charge in [-0.1, -0.05) is 13.8 Å². The molecule has 1 saturated heterocycles. The molecule has 1 heterocycles. The van der Waals surface area contributed by atoms with Crippen molar-refractivity contribution in [2.45, 2.75) is 65.0 Å². The Hall–Kier alpha value is -0.0800. The number of likely N-dealkylation sites (tertiary alicyclic amines) is 1. The van der Waals surface area contributed by atoms with Gasteiger partial charge in [-0.2, -0.15) is 0 Å². The number of rotatable bonds is 3. The van der Waals surface area contributed by atoms with E-state index in [1.807, 2.05) is 0 Å². The molecular formula is C15H30N2. The molecule has 1 aliphatic heterocycles. The first-order valence-electron chi connectivity index (χ1n) is 7.41. The van der Waals surface area contributed by atoms with Crippen molar-refractivity contribution in [2.75, 3.05) is 20.1 Å². The lowest BCUT2D eigenvalue weighted by molar-refractivity contribution is 0.172. The standard InChI is InChI=1S/C15H30N2/c1-12(13-6-5-9-17(4)11-13)16-14-7-8-15(2,3)10-14/h12-14,16H,5-11H2,1-4H3. The van der Waals surface area contributed by atoms with E-state index in [4.69, 9.17) is 0 Å². The summed E-state index contributed by atoms with van der Waals surface area (Å²) in [5, 5.41) is 3.90. The van der Waals surface area contributed by atoms with Crippen LogP contribution in [-0.2, 0) is 0 Å². The summed E-state index contributed by atoms with van der Waals surface area (Å²) in [5.74, 6) is 0.859. The normalized spacial score (nSPS) is 36.0. The van der Waals surface area contributed by atoms with Crippen molar-refractivity contribution >= 4 is 0 Å². The van der Waals surface area contributed by atoms with Crippen LogP contribution in [0, 0.1) is 11.3 Å². The molecule has 0 radical (unpaired) electrons. The molecule has 2 aliphatic rings. The lowest BCUT2D eigenvalue weighted by Gasteiger charge is -2.35. The predicted molar refractivity (Wildman–Crippen MR) is 74.2 cm³/mol. The van der Waals surface area contributed by atoms with Crippen LogP contribution in [0.25, 0.3) is 0 Å². The molecule has 0 spiro atoms. The van der Waals surface area contributed by atoms with E-state index in [0.717, 1.165) is 12.0 Å². The number of hydrogen-bond donors (Lipinski definition) is 1. The summed E-state index contributed by atoms with van der Waals surface area (Å²) in [4.78, 5) is 2.49. The zero-order valence-electron chi connectivity index (χ0n) is 12.1. The number of piperidine rings is 1. The monoisotopic (exact) mass is 238 g/mol. The molecule has 0 aromatic carbocycles. The molecule has 2 heteroatoms. The van der Waals surface area contributed by atoms with E-state index in [0.29, 0.717) is 11.5 Å². The van der Waals surface area contributed by atoms with E-state index in [1.165, 1.54) is 45.2 Å². The first-order chi connectivity index (χ1) is 7.96. The van der Waals surface area contributed by atoms with Crippen LogP contribution in [0.2, 0.25) is 0 Å². The Morgan fingerprint density at radius 2 is 2.06 bits per heavy atom. The van der Waals surface area contributed by atoms with Gasteiger partial charge < -0.3 is 10.2 Å². The van der Waals surface area contributed by atoms with Crippen LogP contribution in [0.5, 0.6) is 0 Å². The van der Waals surface area contributed by atoms with Crippen LogP contribution in [0.1, 0.15) is 52.9 Å². The molecule has 2 nitrogen and oxygen atoms in total. The van der Waals surface area contributed by atoms with Gasteiger partial charge in [0.15, 0.2) is 0 Å². The van der Waals surface area contributed by atoms with Crippen molar-refractivity contribution in [3.63, 3.8) is 0 Å². The molecule has 3 atom stereocenters. The highest BCUT2D eigenvalue weighted by molar-refractivity contribution is 4.89. The summed E-state index contributed by atoms with van der Waals surface area (Å²) in [5.41, 5.74) is 0.570. The molecule has 2 rings (SSSR count). The molecule has 100 valence electrons.